The minimum absolute atomic E-state index is 0.0288. The molecule has 0 bridgehead atoms. The molecule has 1 aromatic heterocycles. The highest BCUT2D eigenvalue weighted by Gasteiger charge is 2.16. The Morgan fingerprint density at radius 2 is 2.38 bits per heavy atom. The van der Waals surface area contributed by atoms with Gasteiger partial charge in [0.15, 0.2) is 0 Å². The SMILES string of the molecule is CNC(=O)C(Cc1ccco1)NC. The van der Waals surface area contributed by atoms with Crippen molar-refractivity contribution in [2.24, 2.45) is 0 Å². The molecule has 0 spiro atoms. The highest BCUT2D eigenvalue weighted by Crippen LogP contribution is 2.03. The van der Waals surface area contributed by atoms with E-state index in [0.717, 1.165) is 5.76 Å². The molecule has 1 heterocycles. The van der Waals surface area contributed by atoms with Crippen molar-refractivity contribution in [3.63, 3.8) is 0 Å². The summed E-state index contributed by atoms with van der Waals surface area (Å²) in [6.45, 7) is 0. The average Bonchev–Trinajstić information content (AvgIpc) is 2.65. The fourth-order valence-electron chi connectivity index (χ4n) is 1.13. The molecule has 0 aliphatic heterocycles. The quantitative estimate of drug-likeness (QED) is 0.697. The Morgan fingerprint density at radius 3 is 2.85 bits per heavy atom. The Labute approximate surface area is 77.3 Å². The molecule has 0 aromatic carbocycles. The smallest absolute Gasteiger partial charge is 0.237 e. The number of amides is 1. The number of carbonyl (C=O) groups excluding carboxylic acids is 1. The lowest BCUT2D eigenvalue weighted by Crippen LogP contribution is -2.42. The highest BCUT2D eigenvalue weighted by molar-refractivity contribution is 5.81. The normalized spacial score (nSPS) is 12.5. The number of likely N-dealkylation sites (N-methyl/N-ethyl adjacent to an activating group) is 2. The first-order valence-electron chi connectivity index (χ1n) is 4.19. The van der Waals surface area contributed by atoms with Gasteiger partial charge in [0.05, 0.1) is 12.3 Å². The summed E-state index contributed by atoms with van der Waals surface area (Å²) >= 11 is 0. The summed E-state index contributed by atoms with van der Waals surface area (Å²) in [5.41, 5.74) is 0. The summed E-state index contributed by atoms with van der Waals surface area (Å²) in [4.78, 5) is 11.3. The second kappa shape index (κ2) is 4.67. The molecule has 1 rings (SSSR count). The number of hydrogen-bond donors (Lipinski definition) is 2. The topological polar surface area (TPSA) is 54.3 Å². The molecule has 4 heteroatoms. The Bertz CT molecular complexity index is 257. The Kier molecular flexibility index (Phi) is 3.52. The molecule has 72 valence electrons. The van der Waals surface area contributed by atoms with Crippen LogP contribution in [-0.2, 0) is 11.2 Å². The maximum absolute atomic E-state index is 11.3. The lowest BCUT2D eigenvalue weighted by atomic mass is 10.1. The molecule has 0 aliphatic rings. The van der Waals surface area contributed by atoms with Crippen LogP contribution in [0.5, 0.6) is 0 Å². The van der Waals surface area contributed by atoms with Crippen LogP contribution < -0.4 is 10.6 Å². The first-order chi connectivity index (χ1) is 6.27. The van der Waals surface area contributed by atoms with Crippen LogP contribution in [0, 0.1) is 0 Å². The van der Waals surface area contributed by atoms with Crippen molar-refractivity contribution in [1.82, 2.24) is 10.6 Å². The van der Waals surface area contributed by atoms with Gasteiger partial charge in [-0.3, -0.25) is 4.79 Å². The zero-order chi connectivity index (χ0) is 9.68. The minimum Gasteiger partial charge on any atom is -0.469 e. The van der Waals surface area contributed by atoms with E-state index in [9.17, 15) is 4.79 Å². The standard InChI is InChI=1S/C9H14N2O2/c1-10-8(9(12)11-2)6-7-4-3-5-13-7/h3-5,8,10H,6H2,1-2H3,(H,11,12). The van der Waals surface area contributed by atoms with Gasteiger partial charge >= 0.3 is 0 Å². The maximum Gasteiger partial charge on any atom is 0.237 e. The summed E-state index contributed by atoms with van der Waals surface area (Å²) in [5.74, 6) is 0.779. The minimum atomic E-state index is -0.226. The van der Waals surface area contributed by atoms with Crippen molar-refractivity contribution >= 4 is 5.91 Å². The summed E-state index contributed by atoms with van der Waals surface area (Å²) < 4.78 is 5.14. The predicted octanol–water partition coefficient (Wildman–Crippen LogP) is 0.156. The van der Waals surface area contributed by atoms with Crippen molar-refractivity contribution in [3.05, 3.63) is 24.2 Å². The van der Waals surface area contributed by atoms with Crippen LogP contribution in [-0.4, -0.2) is 26.0 Å². The maximum atomic E-state index is 11.3. The zero-order valence-corrected chi connectivity index (χ0v) is 7.83. The summed E-state index contributed by atoms with van der Waals surface area (Å²) in [7, 11) is 3.37. The number of carbonyl (C=O) groups is 1. The van der Waals surface area contributed by atoms with Gasteiger partial charge in [0.2, 0.25) is 5.91 Å². The van der Waals surface area contributed by atoms with Crippen molar-refractivity contribution < 1.29 is 9.21 Å². The lowest BCUT2D eigenvalue weighted by molar-refractivity contribution is -0.122. The van der Waals surface area contributed by atoms with E-state index >= 15 is 0 Å². The van der Waals surface area contributed by atoms with Gasteiger partial charge in [-0.1, -0.05) is 0 Å². The molecule has 0 radical (unpaired) electrons. The van der Waals surface area contributed by atoms with E-state index in [1.165, 1.54) is 0 Å². The second-order valence-corrected chi connectivity index (χ2v) is 2.74. The van der Waals surface area contributed by atoms with E-state index in [0.29, 0.717) is 6.42 Å². The van der Waals surface area contributed by atoms with E-state index in [-0.39, 0.29) is 11.9 Å². The molecular weight excluding hydrogens is 168 g/mol. The van der Waals surface area contributed by atoms with Crippen LogP contribution in [0.15, 0.2) is 22.8 Å². The number of rotatable bonds is 4. The fraction of sp³-hybridized carbons (Fsp3) is 0.444. The molecule has 1 aromatic rings. The van der Waals surface area contributed by atoms with E-state index < -0.39 is 0 Å². The molecule has 13 heavy (non-hydrogen) atoms. The first-order valence-corrected chi connectivity index (χ1v) is 4.19. The Morgan fingerprint density at radius 1 is 1.62 bits per heavy atom. The average molecular weight is 182 g/mol. The fourth-order valence-corrected chi connectivity index (χ4v) is 1.13. The zero-order valence-electron chi connectivity index (χ0n) is 7.83. The van der Waals surface area contributed by atoms with E-state index in [4.69, 9.17) is 4.42 Å². The molecular formula is C9H14N2O2. The molecule has 0 saturated heterocycles. The Hall–Kier alpha value is -1.29. The third kappa shape index (κ3) is 2.59. The van der Waals surface area contributed by atoms with Crippen LogP contribution in [0.1, 0.15) is 5.76 Å². The van der Waals surface area contributed by atoms with Gasteiger partial charge in [0.25, 0.3) is 0 Å². The van der Waals surface area contributed by atoms with Gasteiger partial charge < -0.3 is 15.1 Å². The van der Waals surface area contributed by atoms with Crippen molar-refractivity contribution in [2.45, 2.75) is 12.5 Å². The Balaban J connectivity index is 2.54. The van der Waals surface area contributed by atoms with Crippen LogP contribution >= 0.6 is 0 Å². The van der Waals surface area contributed by atoms with Gasteiger partial charge in [-0.15, -0.1) is 0 Å². The highest BCUT2D eigenvalue weighted by atomic mass is 16.3. The van der Waals surface area contributed by atoms with Gasteiger partial charge in [-0.05, 0) is 19.2 Å². The number of furan rings is 1. The van der Waals surface area contributed by atoms with Crippen molar-refractivity contribution in [3.8, 4) is 0 Å². The van der Waals surface area contributed by atoms with E-state index in [1.807, 2.05) is 12.1 Å². The molecule has 1 unspecified atom stereocenters. The largest absolute Gasteiger partial charge is 0.469 e. The molecule has 2 N–H and O–H groups in total. The van der Waals surface area contributed by atoms with Gasteiger partial charge in [0.1, 0.15) is 5.76 Å². The van der Waals surface area contributed by atoms with Crippen LogP contribution in [0.4, 0.5) is 0 Å². The molecule has 0 fully saturated rings. The molecule has 1 atom stereocenters. The molecule has 4 nitrogen and oxygen atoms in total. The number of nitrogens with one attached hydrogen (secondary N) is 2. The van der Waals surface area contributed by atoms with Gasteiger partial charge in [-0.2, -0.15) is 0 Å². The predicted molar refractivity (Wildman–Crippen MR) is 49.3 cm³/mol. The number of hydrogen-bond acceptors (Lipinski definition) is 3. The van der Waals surface area contributed by atoms with Crippen LogP contribution in [0.25, 0.3) is 0 Å². The van der Waals surface area contributed by atoms with E-state index in [2.05, 4.69) is 10.6 Å². The second-order valence-electron chi connectivity index (χ2n) is 2.74. The molecule has 0 aliphatic carbocycles. The van der Waals surface area contributed by atoms with Crippen molar-refractivity contribution in [2.75, 3.05) is 14.1 Å². The van der Waals surface area contributed by atoms with E-state index in [1.54, 1.807) is 20.4 Å². The van der Waals surface area contributed by atoms with Gasteiger partial charge in [0, 0.05) is 13.5 Å². The summed E-state index contributed by atoms with van der Waals surface area (Å²) in [6.07, 6.45) is 2.18. The lowest BCUT2D eigenvalue weighted by Gasteiger charge is -2.12. The van der Waals surface area contributed by atoms with Crippen LogP contribution in [0.2, 0.25) is 0 Å². The first kappa shape index (κ1) is 9.80. The molecule has 1 amide bonds. The third-order valence-electron chi connectivity index (χ3n) is 1.90. The van der Waals surface area contributed by atoms with Crippen molar-refractivity contribution in [1.29, 1.82) is 0 Å². The monoisotopic (exact) mass is 182 g/mol. The molecule has 0 saturated carbocycles. The van der Waals surface area contributed by atoms with Gasteiger partial charge in [-0.25, -0.2) is 0 Å². The summed E-state index contributed by atoms with van der Waals surface area (Å²) in [5, 5.41) is 5.50. The summed E-state index contributed by atoms with van der Waals surface area (Å²) in [6, 6.07) is 3.44. The third-order valence-corrected chi connectivity index (χ3v) is 1.90. The van der Waals surface area contributed by atoms with Crippen LogP contribution in [0.3, 0.4) is 0 Å².